The molecule has 0 saturated carbocycles. The lowest BCUT2D eigenvalue weighted by Crippen LogP contribution is -2.32. The number of likely N-dealkylation sites (tertiary alicyclic amines) is 1. The average Bonchev–Trinajstić information content (AvgIpc) is 2.87. The Bertz CT molecular complexity index is 388. The number of aromatic nitrogens is 2. The number of hydrogen-bond acceptors (Lipinski definition) is 5. The summed E-state index contributed by atoms with van der Waals surface area (Å²) in [5.41, 5.74) is 5.84. The van der Waals surface area contributed by atoms with Crippen molar-refractivity contribution in [2.75, 3.05) is 6.54 Å². The van der Waals surface area contributed by atoms with Gasteiger partial charge in [0.15, 0.2) is 5.82 Å². The summed E-state index contributed by atoms with van der Waals surface area (Å²) in [5.74, 6) is 1.29. The molecule has 2 N–H and O–H groups in total. The molecule has 1 atom stereocenters. The summed E-state index contributed by atoms with van der Waals surface area (Å²) in [6.45, 7) is 9.12. The normalized spacial score (nSPS) is 20.5. The molecule has 1 aromatic rings. The van der Waals surface area contributed by atoms with Crippen molar-refractivity contribution in [3.8, 4) is 0 Å². The smallest absolute Gasteiger partial charge is 0.240 e. The molecule has 1 fully saturated rings. The van der Waals surface area contributed by atoms with E-state index < -0.39 is 0 Å². The Labute approximate surface area is 121 Å². The van der Waals surface area contributed by atoms with Crippen molar-refractivity contribution in [2.24, 2.45) is 11.1 Å². The molecule has 1 saturated heterocycles. The lowest BCUT2D eigenvalue weighted by molar-refractivity contribution is 0.180. The lowest BCUT2D eigenvalue weighted by Gasteiger charge is -2.29. The molecule has 0 aliphatic carbocycles. The van der Waals surface area contributed by atoms with E-state index in [0.29, 0.717) is 23.9 Å². The number of nitrogens with two attached hydrogens (primary N) is 1. The molecule has 19 heavy (non-hydrogen) atoms. The molecule has 1 unspecified atom stereocenters. The van der Waals surface area contributed by atoms with Crippen LogP contribution in [0.25, 0.3) is 0 Å². The summed E-state index contributed by atoms with van der Waals surface area (Å²) in [5, 5.41) is 3.97. The topological polar surface area (TPSA) is 68.2 Å². The van der Waals surface area contributed by atoms with Crippen LogP contribution in [-0.4, -0.2) is 27.6 Å². The van der Waals surface area contributed by atoms with Crippen LogP contribution >= 0.6 is 12.4 Å². The number of hydrogen-bond donors (Lipinski definition) is 1. The first-order chi connectivity index (χ1) is 8.48. The number of nitrogens with zero attached hydrogens (tertiary/aromatic N) is 3. The Morgan fingerprint density at radius 3 is 2.74 bits per heavy atom. The van der Waals surface area contributed by atoms with Crippen LogP contribution in [0.1, 0.15) is 51.7 Å². The molecule has 110 valence electrons. The van der Waals surface area contributed by atoms with Crippen LogP contribution in [0.15, 0.2) is 4.52 Å². The summed E-state index contributed by atoms with van der Waals surface area (Å²) in [6.07, 6.45) is 3.76. The van der Waals surface area contributed by atoms with E-state index >= 15 is 0 Å². The van der Waals surface area contributed by atoms with Gasteiger partial charge in [-0.05, 0) is 31.2 Å². The van der Waals surface area contributed by atoms with Gasteiger partial charge in [0, 0.05) is 6.04 Å². The van der Waals surface area contributed by atoms with Crippen molar-refractivity contribution in [1.29, 1.82) is 0 Å². The van der Waals surface area contributed by atoms with E-state index in [0.717, 1.165) is 18.9 Å². The molecule has 1 aliphatic rings. The molecular formula is C13H25ClN4O. The van der Waals surface area contributed by atoms with Crippen molar-refractivity contribution in [1.82, 2.24) is 15.0 Å². The molecule has 0 radical (unpaired) electrons. The molecular weight excluding hydrogens is 264 g/mol. The maximum Gasteiger partial charge on any atom is 0.240 e. The Morgan fingerprint density at radius 2 is 2.16 bits per heavy atom. The van der Waals surface area contributed by atoms with Crippen LogP contribution in [0.3, 0.4) is 0 Å². The SMILES string of the molecule is CC(C)(C)CC1CCCN1Cc1noc(CN)n1.Cl. The van der Waals surface area contributed by atoms with Gasteiger partial charge in [-0.3, -0.25) is 4.90 Å². The maximum atomic E-state index is 5.47. The fourth-order valence-electron chi connectivity index (χ4n) is 2.66. The van der Waals surface area contributed by atoms with E-state index in [1.54, 1.807) is 0 Å². The van der Waals surface area contributed by atoms with Gasteiger partial charge in [0.2, 0.25) is 5.89 Å². The monoisotopic (exact) mass is 288 g/mol. The predicted octanol–water partition coefficient (Wildman–Crippen LogP) is 2.35. The highest BCUT2D eigenvalue weighted by Crippen LogP contribution is 2.30. The quantitative estimate of drug-likeness (QED) is 0.921. The first kappa shape index (κ1) is 16.4. The molecule has 2 heterocycles. The van der Waals surface area contributed by atoms with Crippen LogP contribution < -0.4 is 5.73 Å². The van der Waals surface area contributed by atoms with Gasteiger partial charge in [-0.1, -0.05) is 25.9 Å². The highest BCUT2D eigenvalue weighted by atomic mass is 35.5. The van der Waals surface area contributed by atoms with Gasteiger partial charge < -0.3 is 10.3 Å². The molecule has 6 heteroatoms. The number of halogens is 1. The molecule has 5 nitrogen and oxygen atoms in total. The summed E-state index contributed by atoms with van der Waals surface area (Å²) >= 11 is 0. The summed E-state index contributed by atoms with van der Waals surface area (Å²) in [7, 11) is 0. The van der Waals surface area contributed by atoms with Crippen molar-refractivity contribution >= 4 is 12.4 Å². The zero-order valence-corrected chi connectivity index (χ0v) is 12.9. The van der Waals surface area contributed by atoms with E-state index in [1.807, 2.05) is 0 Å². The minimum atomic E-state index is 0. The largest absolute Gasteiger partial charge is 0.338 e. The van der Waals surface area contributed by atoms with Crippen molar-refractivity contribution < 1.29 is 4.52 Å². The van der Waals surface area contributed by atoms with E-state index in [9.17, 15) is 0 Å². The second-order valence-corrected chi connectivity index (χ2v) is 6.34. The van der Waals surface area contributed by atoms with Crippen molar-refractivity contribution in [3.63, 3.8) is 0 Å². The van der Waals surface area contributed by atoms with Gasteiger partial charge in [0.25, 0.3) is 0 Å². The van der Waals surface area contributed by atoms with Crippen molar-refractivity contribution in [2.45, 2.75) is 59.2 Å². The van der Waals surface area contributed by atoms with Crippen LogP contribution in [-0.2, 0) is 13.1 Å². The molecule has 0 amide bonds. The third kappa shape index (κ3) is 4.75. The van der Waals surface area contributed by atoms with Crippen LogP contribution in [0, 0.1) is 5.41 Å². The molecule has 0 aromatic carbocycles. The fraction of sp³-hybridized carbons (Fsp3) is 0.846. The highest BCUT2D eigenvalue weighted by molar-refractivity contribution is 5.85. The van der Waals surface area contributed by atoms with Gasteiger partial charge in [-0.2, -0.15) is 4.98 Å². The Balaban J connectivity index is 0.00000180. The highest BCUT2D eigenvalue weighted by Gasteiger charge is 2.29. The van der Waals surface area contributed by atoms with Crippen LogP contribution in [0.2, 0.25) is 0 Å². The molecule has 0 bridgehead atoms. The standard InChI is InChI=1S/C13H24N4O.ClH/c1-13(2,3)7-10-5-4-6-17(10)9-11-15-12(8-14)18-16-11;/h10H,4-9,14H2,1-3H3;1H. The minimum absolute atomic E-state index is 0. The third-order valence-electron chi connectivity index (χ3n) is 3.38. The molecule has 0 spiro atoms. The van der Waals surface area contributed by atoms with Crippen molar-refractivity contribution in [3.05, 3.63) is 11.7 Å². The minimum Gasteiger partial charge on any atom is -0.338 e. The van der Waals surface area contributed by atoms with Gasteiger partial charge >= 0.3 is 0 Å². The van der Waals surface area contributed by atoms with Crippen LogP contribution in [0.5, 0.6) is 0 Å². The second kappa shape index (κ2) is 6.68. The lowest BCUT2D eigenvalue weighted by atomic mass is 9.87. The molecule has 1 aromatic heterocycles. The Morgan fingerprint density at radius 1 is 1.42 bits per heavy atom. The zero-order valence-electron chi connectivity index (χ0n) is 12.1. The van der Waals surface area contributed by atoms with Gasteiger partial charge in [0.05, 0.1) is 13.1 Å². The van der Waals surface area contributed by atoms with E-state index in [2.05, 4.69) is 35.8 Å². The maximum absolute atomic E-state index is 5.47. The Kier molecular flexibility index (Phi) is 5.77. The van der Waals surface area contributed by atoms with E-state index in [-0.39, 0.29) is 12.4 Å². The summed E-state index contributed by atoms with van der Waals surface area (Å²) in [4.78, 5) is 6.75. The first-order valence-electron chi connectivity index (χ1n) is 6.73. The van der Waals surface area contributed by atoms with E-state index in [1.165, 1.54) is 19.3 Å². The predicted molar refractivity (Wildman–Crippen MR) is 76.9 cm³/mol. The van der Waals surface area contributed by atoms with Crippen LogP contribution in [0.4, 0.5) is 0 Å². The molecule has 1 aliphatic heterocycles. The van der Waals surface area contributed by atoms with E-state index in [4.69, 9.17) is 10.3 Å². The first-order valence-corrected chi connectivity index (χ1v) is 6.73. The fourth-order valence-corrected chi connectivity index (χ4v) is 2.66. The zero-order chi connectivity index (χ0) is 13.2. The second-order valence-electron chi connectivity index (χ2n) is 6.34. The van der Waals surface area contributed by atoms with Gasteiger partial charge in [-0.25, -0.2) is 0 Å². The summed E-state index contributed by atoms with van der Waals surface area (Å²) in [6, 6.07) is 0.643. The third-order valence-corrected chi connectivity index (χ3v) is 3.38. The molecule has 2 rings (SSSR count). The number of rotatable bonds is 4. The average molecular weight is 289 g/mol. The summed E-state index contributed by atoms with van der Waals surface area (Å²) < 4.78 is 5.05. The Hall–Kier alpha value is -0.650. The van der Waals surface area contributed by atoms with Gasteiger partial charge in [0.1, 0.15) is 0 Å². The van der Waals surface area contributed by atoms with Gasteiger partial charge in [-0.15, -0.1) is 12.4 Å².